The van der Waals surface area contributed by atoms with Gasteiger partial charge in [-0.25, -0.2) is 0 Å². The van der Waals surface area contributed by atoms with Crippen LogP contribution < -0.4 is 16.6 Å². The van der Waals surface area contributed by atoms with Crippen LogP contribution in [0.25, 0.3) is 0 Å². The molecule has 4 N–H and O–H groups in total. The van der Waals surface area contributed by atoms with Gasteiger partial charge in [0.15, 0.2) is 0 Å². The molecule has 0 bridgehead atoms. The zero-order valence-corrected chi connectivity index (χ0v) is 12.0. The van der Waals surface area contributed by atoms with Crippen LogP contribution in [0.1, 0.15) is 20.3 Å². The number of nitrogens with one attached hydrogen (secondary N) is 2. The smallest absolute Gasteiger partial charge is 0.273 e. The summed E-state index contributed by atoms with van der Waals surface area (Å²) in [5.74, 6) is 7.49. The van der Waals surface area contributed by atoms with Crippen LogP contribution in [0.2, 0.25) is 0 Å². The van der Waals surface area contributed by atoms with Crippen molar-refractivity contribution in [3.05, 3.63) is 28.3 Å². The molecule has 0 radical (unpaired) electrons. The zero-order chi connectivity index (χ0) is 14.3. The highest BCUT2D eigenvalue weighted by atomic mass is 32.2. The van der Waals surface area contributed by atoms with Crippen LogP contribution in [0.15, 0.2) is 18.2 Å². The van der Waals surface area contributed by atoms with E-state index in [1.54, 1.807) is 6.07 Å². The van der Waals surface area contributed by atoms with Crippen molar-refractivity contribution in [3.63, 3.8) is 0 Å². The zero-order valence-electron chi connectivity index (χ0n) is 11.2. The second-order valence-electron chi connectivity index (χ2n) is 4.20. The number of hydrogen-bond donors (Lipinski definition) is 3. The summed E-state index contributed by atoms with van der Waals surface area (Å²) in [6, 6.07) is 4.94. The number of nitrogens with zero attached hydrogens (tertiary/aromatic N) is 1. The molecule has 1 atom stereocenters. The van der Waals surface area contributed by atoms with E-state index in [0.717, 1.165) is 17.9 Å². The number of hydrazine groups is 1. The van der Waals surface area contributed by atoms with Crippen molar-refractivity contribution in [1.29, 1.82) is 0 Å². The Morgan fingerprint density at radius 1 is 1.42 bits per heavy atom. The third kappa shape index (κ3) is 5.35. The number of hydrogen-bond acceptors (Lipinski definition) is 6. The van der Waals surface area contributed by atoms with Crippen LogP contribution in [0.5, 0.6) is 0 Å². The molecule has 1 aromatic carbocycles. The summed E-state index contributed by atoms with van der Waals surface area (Å²) < 4.78 is 0. The van der Waals surface area contributed by atoms with E-state index in [2.05, 4.69) is 24.6 Å². The molecule has 7 heteroatoms. The Bertz CT molecular complexity index is 428. The molecule has 0 heterocycles. The van der Waals surface area contributed by atoms with E-state index >= 15 is 0 Å². The SMILES string of the molecule is CCSCCC(C)Nc1cc(NN)cc([N+](=O)[O-])c1. The van der Waals surface area contributed by atoms with Gasteiger partial charge in [-0.15, -0.1) is 0 Å². The Morgan fingerprint density at radius 3 is 2.68 bits per heavy atom. The molecule has 0 aliphatic rings. The number of anilines is 2. The fourth-order valence-electron chi connectivity index (χ4n) is 1.64. The van der Waals surface area contributed by atoms with Gasteiger partial charge < -0.3 is 10.7 Å². The fourth-order valence-corrected chi connectivity index (χ4v) is 2.45. The van der Waals surface area contributed by atoms with E-state index in [1.165, 1.54) is 12.1 Å². The van der Waals surface area contributed by atoms with Crippen molar-refractivity contribution in [3.8, 4) is 0 Å². The predicted octanol–water partition coefficient (Wildman–Crippen LogP) is 2.82. The first-order valence-corrected chi connectivity index (χ1v) is 7.32. The average molecular weight is 284 g/mol. The van der Waals surface area contributed by atoms with E-state index in [9.17, 15) is 10.1 Å². The number of nitro benzene ring substituents is 1. The van der Waals surface area contributed by atoms with Gasteiger partial charge in [0.05, 0.1) is 10.6 Å². The summed E-state index contributed by atoms with van der Waals surface area (Å²) in [7, 11) is 0. The fraction of sp³-hybridized carbons (Fsp3) is 0.500. The standard InChI is InChI=1S/C12H20N4O2S/c1-3-19-5-4-9(2)14-10-6-11(15-13)8-12(7-10)16(17)18/h6-9,14-15H,3-5,13H2,1-2H3. The van der Waals surface area contributed by atoms with Crippen molar-refractivity contribution in [2.24, 2.45) is 5.84 Å². The predicted molar refractivity (Wildman–Crippen MR) is 81.6 cm³/mol. The second-order valence-corrected chi connectivity index (χ2v) is 5.59. The molecule has 0 aliphatic carbocycles. The summed E-state index contributed by atoms with van der Waals surface area (Å²) in [5, 5.41) is 14.1. The first-order chi connectivity index (χ1) is 9.06. The average Bonchev–Trinajstić information content (AvgIpc) is 2.38. The highest BCUT2D eigenvalue weighted by Crippen LogP contribution is 2.24. The molecule has 1 aromatic rings. The van der Waals surface area contributed by atoms with Gasteiger partial charge in [0.1, 0.15) is 0 Å². The van der Waals surface area contributed by atoms with E-state index in [1.807, 2.05) is 11.8 Å². The maximum absolute atomic E-state index is 10.8. The van der Waals surface area contributed by atoms with Crippen LogP contribution >= 0.6 is 11.8 Å². The van der Waals surface area contributed by atoms with Gasteiger partial charge >= 0.3 is 0 Å². The molecule has 1 rings (SSSR count). The molecule has 0 fully saturated rings. The molecule has 1 unspecified atom stereocenters. The lowest BCUT2D eigenvalue weighted by atomic mass is 10.2. The third-order valence-corrected chi connectivity index (χ3v) is 3.54. The lowest BCUT2D eigenvalue weighted by Crippen LogP contribution is -2.16. The van der Waals surface area contributed by atoms with E-state index in [0.29, 0.717) is 11.4 Å². The first-order valence-electron chi connectivity index (χ1n) is 6.17. The molecule has 19 heavy (non-hydrogen) atoms. The molecule has 0 amide bonds. The van der Waals surface area contributed by atoms with Crippen molar-refractivity contribution in [1.82, 2.24) is 0 Å². The second kappa shape index (κ2) is 7.85. The van der Waals surface area contributed by atoms with Crippen LogP contribution in [-0.2, 0) is 0 Å². The molecule has 0 aromatic heterocycles. The molecular formula is C12H20N4O2S. The summed E-state index contributed by atoms with van der Waals surface area (Å²) in [5.41, 5.74) is 3.69. The largest absolute Gasteiger partial charge is 0.382 e. The number of rotatable bonds is 8. The first kappa shape index (κ1) is 15.6. The monoisotopic (exact) mass is 284 g/mol. The maximum Gasteiger partial charge on any atom is 0.273 e. The third-order valence-electron chi connectivity index (χ3n) is 2.61. The van der Waals surface area contributed by atoms with Gasteiger partial charge in [0.2, 0.25) is 0 Å². The Labute approximate surface area is 117 Å². The molecular weight excluding hydrogens is 264 g/mol. The number of nitrogen functional groups attached to an aromatic ring is 1. The Kier molecular flexibility index (Phi) is 6.44. The molecule has 6 nitrogen and oxygen atoms in total. The highest BCUT2D eigenvalue weighted by molar-refractivity contribution is 7.99. The minimum absolute atomic E-state index is 0.0214. The van der Waals surface area contributed by atoms with Crippen LogP contribution in [0.4, 0.5) is 17.1 Å². The quantitative estimate of drug-likeness (QED) is 0.294. The normalized spacial score (nSPS) is 11.9. The molecule has 0 spiro atoms. The van der Waals surface area contributed by atoms with E-state index in [-0.39, 0.29) is 11.7 Å². The summed E-state index contributed by atoms with van der Waals surface area (Å²) >= 11 is 1.88. The van der Waals surface area contributed by atoms with Gasteiger partial charge in [0.25, 0.3) is 5.69 Å². The molecule has 0 saturated carbocycles. The van der Waals surface area contributed by atoms with Crippen LogP contribution in [-0.4, -0.2) is 22.5 Å². The topological polar surface area (TPSA) is 93.2 Å². The maximum atomic E-state index is 10.8. The van der Waals surface area contributed by atoms with E-state index in [4.69, 9.17) is 5.84 Å². The Morgan fingerprint density at radius 2 is 2.11 bits per heavy atom. The number of thioether (sulfide) groups is 1. The van der Waals surface area contributed by atoms with Crippen molar-refractivity contribution in [2.45, 2.75) is 26.3 Å². The van der Waals surface area contributed by atoms with Gasteiger partial charge in [-0.05, 0) is 30.9 Å². The number of benzene rings is 1. The van der Waals surface area contributed by atoms with Gasteiger partial charge in [0, 0.05) is 23.9 Å². The van der Waals surface area contributed by atoms with Crippen LogP contribution in [0, 0.1) is 10.1 Å². The molecule has 0 aliphatic heterocycles. The highest BCUT2D eigenvalue weighted by Gasteiger charge is 2.11. The van der Waals surface area contributed by atoms with Gasteiger partial charge in [-0.1, -0.05) is 6.92 Å². The molecule has 106 valence electrons. The Hall–Kier alpha value is -1.47. The lowest BCUT2D eigenvalue weighted by Gasteiger charge is -2.15. The number of nitrogens with two attached hydrogens (primary N) is 1. The van der Waals surface area contributed by atoms with E-state index < -0.39 is 4.92 Å². The number of nitro groups is 1. The van der Waals surface area contributed by atoms with Crippen LogP contribution in [0.3, 0.4) is 0 Å². The molecule has 0 saturated heterocycles. The number of non-ortho nitro benzene ring substituents is 1. The van der Waals surface area contributed by atoms with Gasteiger partial charge in [-0.3, -0.25) is 16.0 Å². The Balaban J connectivity index is 2.71. The minimum Gasteiger partial charge on any atom is -0.382 e. The summed E-state index contributed by atoms with van der Waals surface area (Å²) in [6.45, 7) is 4.19. The lowest BCUT2D eigenvalue weighted by molar-refractivity contribution is -0.384. The van der Waals surface area contributed by atoms with Crippen molar-refractivity contribution < 1.29 is 4.92 Å². The summed E-state index contributed by atoms with van der Waals surface area (Å²) in [6.07, 6.45) is 1.01. The summed E-state index contributed by atoms with van der Waals surface area (Å²) in [4.78, 5) is 10.4. The minimum atomic E-state index is -0.427. The van der Waals surface area contributed by atoms with Crippen molar-refractivity contribution in [2.75, 3.05) is 22.2 Å². The van der Waals surface area contributed by atoms with Crippen molar-refractivity contribution >= 4 is 28.8 Å². The van der Waals surface area contributed by atoms with Gasteiger partial charge in [-0.2, -0.15) is 11.8 Å².